The van der Waals surface area contributed by atoms with Crippen molar-refractivity contribution in [3.63, 3.8) is 0 Å². The standard InChI is InChI=1S/C38H38ClFN6O4/c1-49-30-12-23(6-7-24(30)15-45-19-37(20-45)13-31(47)42-17-37)35-34(40)27(10-11-41-35)26-4-3-5-28(33(26)39)29-9-8-25(36(44-29)50-2)16-46-21-38(22-46)14-32(48)43-18-38/h3-12H,13-22H2,1-2H3,(H,42,47)(H,43,48). The molecule has 4 fully saturated rings. The van der Waals surface area contributed by atoms with E-state index in [1.807, 2.05) is 42.5 Å². The second-order valence-corrected chi connectivity index (χ2v) is 14.7. The number of nitrogens with one attached hydrogen (secondary N) is 2. The summed E-state index contributed by atoms with van der Waals surface area (Å²) in [6.45, 7) is 6.20. The van der Waals surface area contributed by atoms with E-state index in [0.29, 0.717) is 70.5 Å². The molecule has 6 heterocycles. The van der Waals surface area contributed by atoms with Crippen molar-refractivity contribution < 1.29 is 23.5 Å². The number of hydrogen-bond donors (Lipinski definition) is 2. The van der Waals surface area contributed by atoms with Crippen molar-refractivity contribution in [2.45, 2.75) is 25.9 Å². The molecule has 0 unspecified atom stereocenters. The summed E-state index contributed by atoms with van der Waals surface area (Å²) in [6, 6.07) is 16.7. The van der Waals surface area contributed by atoms with E-state index in [9.17, 15) is 9.59 Å². The number of methoxy groups -OCH3 is 2. The number of hydrogen-bond acceptors (Lipinski definition) is 8. The van der Waals surface area contributed by atoms with Gasteiger partial charge in [-0.3, -0.25) is 24.4 Å². The number of nitrogens with zero attached hydrogens (tertiary/aromatic N) is 4. The molecule has 2 N–H and O–H groups in total. The monoisotopic (exact) mass is 696 g/mol. The minimum Gasteiger partial charge on any atom is -0.496 e. The molecule has 2 amide bonds. The van der Waals surface area contributed by atoms with Crippen LogP contribution in [0, 0.1) is 16.6 Å². The van der Waals surface area contributed by atoms with Crippen molar-refractivity contribution in [3.8, 4) is 45.3 Å². The average Bonchev–Trinajstić information content (AvgIpc) is 3.68. The normalized spacial score (nSPS) is 19.3. The Kier molecular flexibility index (Phi) is 8.24. The maximum absolute atomic E-state index is 16.4. The molecule has 258 valence electrons. The van der Waals surface area contributed by atoms with Crippen LogP contribution in [0.25, 0.3) is 33.6 Å². The predicted octanol–water partition coefficient (Wildman–Crippen LogP) is 4.93. The molecular formula is C38H38ClFN6O4. The topological polar surface area (TPSA) is 109 Å². The predicted molar refractivity (Wildman–Crippen MR) is 187 cm³/mol. The third kappa shape index (κ3) is 5.87. The molecule has 4 aliphatic rings. The zero-order valence-electron chi connectivity index (χ0n) is 28.0. The zero-order chi connectivity index (χ0) is 34.6. The maximum atomic E-state index is 16.4. The van der Waals surface area contributed by atoms with Crippen LogP contribution in [-0.2, 0) is 22.7 Å². The molecule has 0 atom stereocenters. The first-order valence-corrected chi connectivity index (χ1v) is 17.2. The Morgan fingerprint density at radius 2 is 1.46 bits per heavy atom. The minimum atomic E-state index is -0.489. The lowest BCUT2D eigenvalue weighted by Crippen LogP contribution is -2.56. The molecule has 2 aromatic heterocycles. The van der Waals surface area contributed by atoms with Crippen LogP contribution < -0.4 is 20.1 Å². The van der Waals surface area contributed by atoms with E-state index < -0.39 is 5.82 Å². The van der Waals surface area contributed by atoms with E-state index in [-0.39, 0.29) is 28.3 Å². The van der Waals surface area contributed by atoms with Crippen molar-refractivity contribution >= 4 is 23.4 Å². The Bertz CT molecular complexity index is 1870. The number of ether oxygens (including phenoxy) is 2. The highest BCUT2D eigenvalue weighted by atomic mass is 35.5. The first-order valence-electron chi connectivity index (χ1n) is 16.8. The molecule has 4 aliphatic heterocycles. The van der Waals surface area contributed by atoms with Crippen LogP contribution in [0.1, 0.15) is 24.0 Å². The number of pyridine rings is 2. The molecule has 2 aromatic carbocycles. The quantitative estimate of drug-likeness (QED) is 0.254. The number of halogens is 2. The molecule has 4 saturated heterocycles. The van der Waals surface area contributed by atoms with Gasteiger partial charge in [0.05, 0.1) is 24.9 Å². The van der Waals surface area contributed by atoms with Gasteiger partial charge in [-0.1, -0.05) is 48.0 Å². The highest BCUT2D eigenvalue weighted by Crippen LogP contribution is 2.42. The Labute approximate surface area is 294 Å². The molecule has 0 saturated carbocycles. The molecule has 0 radical (unpaired) electrons. The number of carbonyl (C=O) groups excluding carboxylic acids is 2. The van der Waals surface area contributed by atoms with Crippen LogP contribution in [0.5, 0.6) is 11.6 Å². The van der Waals surface area contributed by atoms with Gasteiger partial charge in [-0.25, -0.2) is 9.37 Å². The van der Waals surface area contributed by atoms with Gasteiger partial charge in [0, 0.05) is 116 Å². The largest absolute Gasteiger partial charge is 0.496 e. The van der Waals surface area contributed by atoms with Gasteiger partial charge in [0.1, 0.15) is 11.4 Å². The van der Waals surface area contributed by atoms with Crippen molar-refractivity contribution in [2.75, 3.05) is 53.5 Å². The zero-order valence-corrected chi connectivity index (χ0v) is 28.8. The molecule has 8 rings (SSSR count). The molecule has 2 spiro atoms. The number of carbonyl (C=O) groups is 2. The van der Waals surface area contributed by atoms with Gasteiger partial charge in [-0.2, -0.15) is 0 Å². The fourth-order valence-electron chi connectivity index (χ4n) is 8.19. The van der Waals surface area contributed by atoms with Crippen LogP contribution in [0.2, 0.25) is 5.02 Å². The van der Waals surface area contributed by atoms with E-state index in [1.165, 1.54) is 0 Å². The minimum absolute atomic E-state index is 0.0388. The maximum Gasteiger partial charge on any atom is 0.220 e. The van der Waals surface area contributed by atoms with E-state index in [2.05, 4.69) is 25.4 Å². The first kappa shape index (κ1) is 32.6. The molecule has 12 heteroatoms. The van der Waals surface area contributed by atoms with Gasteiger partial charge in [-0.05, 0) is 18.2 Å². The van der Waals surface area contributed by atoms with Gasteiger partial charge >= 0.3 is 0 Å². The van der Waals surface area contributed by atoms with Crippen LogP contribution >= 0.6 is 11.6 Å². The van der Waals surface area contributed by atoms with E-state index in [1.54, 1.807) is 32.5 Å². The smallest absolute Gasteiger partial charge is 0.220 e. The third-order valence-electron chi connectivity index (χ3n) is 10.6. The van der Waals surface area contributed by atoms with Crippen molar-refractivity contribution in [2.24, 2.45) is 10.8 Å². The summed E-state index contributed by atoms with van der Waals surface area (Å²) in [5.74, 6) is 0.908. The van der Waals surface area contributed by atoms with Gasteiger partial charge in [-0.15, -0.1) is 0 Å². The Hall–Kier alpha value is -4.58. The summed E-state index contributed by atoms with van der Waals surface area (Å²) in [5, 5.41) is 6.26. The van der Waals surface area contributed by atoms with Crippen molar-refractivity contribution in [3.05, 3.63) is 82.8 Å². The number of rotatable bonds is 9. The summed E-state index contributed by atoms with van der Waals surface area (Å²) in [5.41, 5.74) is 4.91. The average molecular weight is 697 g/mol. The fraction of sp³-hybridized carbons (Fsp3) is 0.368. The molecule has 0 aliphatic carbocycles. The Morgan fingerprint density at radius 1 is 0.820 bits per heavy atom. The lowest BCUT2D eigenvalue weighted by Gasteiger charge is -2.47. The SMILES string of the molecule is COc1cc(-c2nccc(-c3cccc(-c4ccc(CN5CC6(CNC(=O)C6)C5)c(OC)n4)c3Cl)c2F)ccc1CN1CC2(CNC(=O)C2)C1. The summed E-state index contributed by atoms with van der Waals surface area (Å²) in [4.78, 5) is 37.3. The van der Waals surface area contributed by atoms with Crippen molar-refractivity contribution in [1.29, 1.82) is 0 Å². The molecular weight excluding hydrogens is 659 g/mol. The molecule has 50 heavy (non-hydrogen) atoms. The summed E-state index contributed by atoms with van der Waals surface area (Å²) >= 11 is 7.01. The molecule has 4 aromatic rings. The Balaban J connectivity index is 1.01. The number of amides is 2. The fourth-order valence-corrected chi connectivity index (χ4v) is 8.51. The highest BCUT2D eigenvalue weighted by molar-refractivity contribution is 6.36. The van der Waals surface area contributed by atoms with Gasteiger partial charge in [0.15, 0.2) is 5.82 Å². The number of aromatic nitrogens is 2. The van der Waals surface area contributed by atoms with Crippen LogP contribution in [0.3, 0.4) is 0 Å². The van der Waals surface area contributed by atoms with Crippen LogP contribution in [0.4, 0.5) is 4.39 Å². The summed E-state index contributed by atoms with van der Waals surface area (Å²) in [7, 11) is 3.20. The van der Waals surface area contributed by atoms with Gasteiger partial charge in [0.25, 0.3) is 0 Å². The van der Waals surface area contributed by atoms with Crippen LogP contribution in [0.15, 0.2) is 60.8 Å². The lowest BCUT2D eigenvalue weighted by atomic mass is 9.79. The van der Waals surface area contributed by atoms with Gasteiger partial charge in [0.2, 0.25) is 17.7 Å². The highest BCUT2D eigenvalue weighted by Gasteiger charge is 2.49. The Morgan fingerprint density at radius 3 is 2.08 bits per heavy atom. The first-order chi connectivity index (χ1) is 24.2. The summed E-state index contributed by atoms with van der Waals surface area (Å²) in [6.07, 6.45) is 2.74. The number of benzene rings is 2. The van der Waals surface area contributed by atoms with Crippen molar-refractivity contribution in [1.82, 2.24) is 30.4 Å². The van der Waals surface area contributed by atoms with Gasteiger partial charge < -0.3 is 20.1 Å². The summed E-state index contributed by atoms with van der Waals surface area (Å²) < 4.78 is 27.8. The molecule has 0 bridgehead atoms. The molecule has 10 nitrogen and oxygen atoms in total. The lowest BCUT2D eigenvalue weighted by molar-refractivity contribution is -0.121. The van der Waals surface area contributed by atoms with E-state index >= 15 is 4.39 Å². The van der Waals surface area contributed by atoms with E-state index in [0.717, 1.165) is 50.4 Å². The van der Waals surface area contributed by atoms with E-state index in [4.69, 9.17) is 26.1 Å². The van der Waals surface area contributed by atoms with Crippen LogP contribution in [-0.4, -0.2) is 85.1 Å². The number of likely N-dealkylation sites (tertiary alicyclic amines) is 2. The second-order valence-electron chi connectivity index (χ2n) is 14.3. The second kappa shape index (κ2) is 12.6. The third-order valence-corrected chi connectivity index (χ3v) is 11.0.